The molecule has 0 amide bonds. The van der Waals surface area contributed by atoms with Gasteiger partial charge in [0.25, 0.3) is 0 Å². The van der Waals surface area contributed by atoms with Gasteiger partial charge in [-0.1, -0.05) is 6.07 Å². The standard InChI is InChI=1S/C11H12FN5/c1-7-11(10(6-13)16-14-7)17-15-9-4-2-3-8(12)5-9/h2-5,15H,6,13H2,1H3/b17-11+. The van der Waals surface area contributed by atoms with Crippen molar-refractivity contribution in [1.29, 1.82) is 0 Å². The van der Waals surface area contributed by atoms with E-state index >= 15 is 0 Å². The van der Waals surface area contributed by atoms with Crippen molar-refractivity contribution in [2.75, 3.05) is 12.0 Å². The van der Waals surface area contributed by atoms with Crippen LogP contribution in [0.4, 0.5) is 10.1 Å². The van der Waals surface area contributed by atoms with E-state index in [-0.39, 0.29) is 12.4 Å². The third-order valence-corrected chi connectivity index (χ3v) is 2.25. The van der Waals surface area contributed by atoms with Gasteiger partial charge in [-0.25, -0.2) is 4.39 Å². The minimum absolute atomic E-state index is 0.268. The van der Waals surface area contributed by atoms with Crippen LogP contribution in [0, 0.1) is 5.82 Å². The van der Waals surface area contributed by atoms with Crippen LogP contribution in [0.3, 0.4) is 0 Å². The average Bonchev–Trinajstić information content (AvgIpc) is 2.67. The minimum Gasteiger partial charge on any atom is -0.325 e. The second-order valence-electron chi connectivity index (χ2n) is 3.52. The Morgan fingerprint density at radius 3 is 2.94 bits per heavy atom. The molecule has 6 heteroatoms. The van der Waals surface area contributed by atoms with E-state index in [1.807, 2.05) is 0 Å². The molecular weight excluding hydrogens is 221 g/mol. The molecule has 1 aliphatic heterocycles. The lowest BCUT2D eigenvalue weighted by Crippen LogP contribution is -2.26. The van der Waals surface area contributed by atoms with Gasteiger partial charge in [0.05, 0.1) is 11.4 Å². The van der Waals surface area contributed by atoms with E-state index in [1.165, 1.54) is 12.1 Å². The summed E-state index contributed by atoms with van der Waals surface area (Å²) in [6.45, 7) is 2.06. The lowest BCUT2D eigenvalue weighted by atomic mass is 10.2. The number of hydrogen-bond donors (Lipinski definition) is 2. The van der Waals surface area contributed by atoms with Gasteiger partial charge in [0.15, 0.2) is 0 Å². The highest BCUT2D eigenvalue weighted by atomic mass is 19.1. The van der Waals surface area contributed by atoms with Crippen LogP contribution in [0.5, 0.6) is 0 Å². The Balaban J connectivity index is 2.16. The van der Waals surface area contributed by atoms with E-state index in [0.717, 1.165) is 0 Å². The van der Waals surface area contributed by atoms with E-state index < -0.39 is 0 Å². The summed E-state index contributed by atoms with van der Waals surface area (Å²) >= 11 is 0. The zero-order valence-corrected chi connectivity index (χ0v) is 9.31. The minimum atomic E-state index is -0.320. The maximum absolute atomic E-state index is 12.9. The lowest BCUT2D eigenvalue weighted by Gasteiger charge is -2.03. The third-order valence-electron chi connectivity index (χ3n) is 2.25. The van der Waals surface area contributed by atoms with E-state index in [4.69, 9.17) is 5.73 Å². The molecule has 0 saturated heterocycles. The van der Waals surface area contributed by atoms with Crippen LogP contribution in [0.2, 0.25) is 0 Å². The van der Waals surface area contributed by atoms with Gasteiger partial charge in [0.1, 0.15) is 17.2 Å². The Morgan fingerprint density at radius 1 is 1.41 bits per heavy atom. The molecule has 1 aromatic carbocycles. The Bertz CT molecular complexity index is 518. The summed E-state index contributed by atoms with van der Waals surface area (Å²) < 4.78 is 12.9. The van der Waals surface area contributed by atoms with Gasteiger partial charge >= 0.3 is 0 Å². The monoisotopic (exact) mass is 233 g/mol. The van der Waals surface area contributed by atoms with Gasteiger partial charge in [0, 0.05) is 6.54 Å². The first-order valence-corrected chi connectivity index (χ1v) is 5.12. The van der Waals surface area contributed by atoms with Crippen molar-refractivity contribution in [3.05, 3.63) is 30.1 Å². The third kappa shape index (κ3) is 2.54. The van der Waals surface area contributed by atoms with Crippen molar-refractivity contribution in [3.63, 3.8) is 0 Å². The summed E-state index contributed by atoms with van der Waals surface area (Å²) in [6.07, 6.45) is 0. The second-order valence-corrected chi connectivity index (χ2v) is 3.52. The maximum atomic E-state index is 12.9. The van der Waals surface area contributed by atoms with Gasteiger partial charge in [-0.15, -0.1) is 0 Å². The Labute approximate surface area is 97.9 Å². The molecule has 0 spiro atoms. The molecule has 0 atom stereocenters. The number of nitrogens with two attached hydrogens (primary N) is 1. The number of hydrogen-bond acceptors (Lipinski definition) is 5. The van der Waals surface area contributed by atoms with Gasteiger partial charge in [0.2, 0.25) is 0 Å². The van der Waals surface area contributed by atoms with Gasteiger partial charge in [-0.3, -0.25) is 5.43 Å². The molecule has 3 N–H and O–H groups in total. The van der Waals surface area contributed by atoms with Crippen LogP contribution in [0.25, 0.3) is 0 Å². The number of nitrogens with one attached hydrogen (secondary N) is 1. The number of benzene rings is 1. The molecule has 0 unspecified atom stereocenters. The summed E-state index contributed by atoms with van der Waals surface area (Å²) in [5, 5.41) is 11.9. The normalized spacial score (nSPS) is 17.0. The summed E-state index contributed by atoms with van der Waals surface area (Å²) in [4.78, 5) is 0. The van der Waals surface area contributed by atoms with Crippen LogP contribution in [0.1, 0.15) is 6.92 Å². The quantitative estimate of drug-likeness (QED) is 0.774. The molecular formula is C11H12FN5. The van der Waals surface area contributed by atoms with Crippen molar-refractivity contribution in [2.45, 2.75) is 6.92 Å². The number of halogens is 1. The Morgan fingerprint density at radius 2 is 2.24 bits per heavy atom. The summed E-state index contributed by atoms with van der Waals surface area (Å²) in [7, 11) is 0. The lowest BCUT2D eigenvalue weighted by molar-refractivity contribution is 0.628. The first kappa shape index (κ1) is 11.4. The number of nitrogens with zero attached hydrogens (tertiary/aromatic N) is 3. The van der Waals surface area contributed by atoms with Crippen molar-refractivity contribution in [2.24, 2.45) is 21.0 Å². The molecule has 5 nitrogen and oxygen atoms in total. The van der Waals surface area contributed by atoms with Gasteiger partial charge in [-0.05, 0) is 25.1 Å². The molecule has 2 rings (SSSR count). The van der Waals surface area contributed by atoms with Crippen molar-refractivity contribution in [1.82, 2.24) is 0 Å². The van der Waals surface area contributed by atoms with Crippen LogP contribution in [-0.4, -0.2) is 23.7 Å². The second kappa shape index (κ2) is 4.84. The highest BCUT2D eigenvalue weighted by molar-refractivity contribution is 6.70. The fourth-order valence-electron chi connectivity index (χ4n) is 1.40. The molecule has 0 aromatic heterocycles. The predicted molar refractivity (Wildman–Crippen MR) is 67.1 cm³/mol. The molecule has 88 valence electrons. The van der Waals surface area contributed by atoms with Crippen LogP contribution in [0.15, 0.2) is 39.6 Å². The maximum Gasteiger partial charge on any atom is 0.131 e. The fourth-order valence-corrected chi connectivity index (χ4v) is 1.40. The number of rotatable bonds is 3. The largest absolute Gasteiger partial charge is 0.325 e. The van der Waals surface area contributed by atoms with Gasteiger partial charge in [-0.2, -0.15) is 15.3 Å². The molecule has 1 aliphatic rings. The zero-order valence-electron chi connectivity index (χ0n) is 9.31. The fraction of sp³-hybridized carbons (Fsp3) is 0.182. The summed E-state index contributed by atoms with van der Waals surface area (Å²) in [5.74, 6) is -0.320. The molecule has 0 bridgehead atoms. The number of anilines is 1. The molecule has 1 aromatic rings. The molecule has 1 heterocycles. The Hall–Kier alpha value is -2.08. The van der Waals surface area contributed by atoms with Crippen molar-refractivity contribution in [3.8, 4) is 0 Å². The van der Waals surface area contributed by atoms with Crippen molar-refractivity contribution < 1.29 is 4.39 Å². The summed E-state index contributed by atoms with van der Waals surface area (Å²) in [6, 6.07) is 6.04. The SMILES string of the molecule is CC1=NN=C(CN)/C1=N/Nc1cccc(F)c1. The zero-order chi connectivity index (χ0) is 12.3. The first-order valence-electron chi connectivity index (χ1n) is 5.12. The highest BCUT2D eigenvalue weighted by Crippen LogP contribution is 2.09. The van der Waals surface area contributed by atoms with Gasteiger partial charge < -0.3 is 5.73 Å². The topological polar surface area (TPSA) is 75.1 Å². The molecule has 0 radical (unpaired) electrons. The van der Waals surface area contributed by atoms with Crippen LogP contribution >= 0.6 is 0 Å². The van der Waals surface area contributed by atoms with E-state index in [9.17, 15) is 4.39 Å². The molecule has 0 aliphatic carbocycles. The van der Waals surface area contributed by atoms with E-state index in [0.29, 0.717) is 22.8 Å². The average molecular weight is 233 g/mol. The smallest absolute Gasteiger partial charge is 0.131 e. The van der Waals surface area contributed by atoms with E-state index in [1.54, 1.807) is 19.1 Å². The molecule has 0 saturated carbocycles. The summed E-state index contributed by atoms with van der Waals surface area (Å²) in [5.41, 5.74) is 10.7. The predicted octanol–water partition coefficient (Wildman–Crippen LogP) is 1.38. The first-order chi connectivity index (χ1) is 8.20. The Kier molecular flexibility index (Phi) is 3.24. The van der Waals surface area contributed by atoms with Crippen LogP contribution < -0.4 is 11.2 Å². The molecule has 17 heavy (non-hydrogen) atoms. The van der Waals surface area contributed by atoms with Crippen LogP contribution in [-0.2, 0) is 0 Å². The van der Waals surface area contributed by atoms with E-state index in [2.05, 4.69) is 20.7 Å². The highest BCUT2D eigenvalue weighted by Gasteiger charge is 2.16. The molecule has 0 fully saturated rings. The number of hydrazone groups is 1. The van der Waals surface area contributed by atoms with Crippen molar-refractivity contribution >= 4 is 22.8 Å².